The first-order valence-electron chi connectivity index (χ1n) is 6.18. The number of anilines is 1. The van der Waals surface area contributed by atoms with E-state index in [1.54, 1.807) is 4.90 Å². The Balaban J connectivity index is 2.08. The Morgan fingerprint density at radius 1 is 1.41 bits per heavy atom. The normalized spacial score (nSPS) is 14.6. The highest BCUT2D eigenvalue weighted by atomic mass is 16.2. The second kappa shape index (κ2) is 4.88. The Hall–Kier alpha value is -1.35. The van der Waals surface area contributed by atoms with Gasteiger partial charge in [0, 0.05) is 19.3 Å². The molecule has 1 aliphatic heterocycles. The van der Waals surface area contributed by atoms with Gasteiger partial charge in [0.1, 0.15) is 0 Å². The molecule has 2 rings (SSSR count). The van der Waals surface area contributed by atoms with E-state index in [0.717, 1.165) is 25.2 Å². The summed E-state index contributed by atoms with van der Waals surface area (Å²) in [6.45, 7) is 4.31. The smallest absolute Gasteiger partial charge is 0.231 e. The van der Waals surface area contributed by atoms with Crippen LogP contribution in [-0.4, -0.2) is 38.0 Å². The molecule has 1 heterocycles. The fourth-order valence-corrected chi connectivity index (χ4v) is 2.16. The van der Waals surface area contributed by atoms with E-state index in [2.05, 4.69) is 37.1 Å². The van der Waals surface area contributed by atoms with Crippen LogP contribution in [0.5, 0.6) is 0 Å². The van der Waals surface area contributed by atoms with Crippen molar-refractivity contribution in [2.45, 2.75) is 19.8 Å². The van der Waals surface area contributed by atoms with Gasteiger partial charge in [-0.1, -0.05) is 19.1 Å². The van der Waals surface area contributed by atoms with E-state index < -0.39 is 0 Å². The molecule has 0 N–H and O–H groups in total. The Bertz CT molecular complexity index is 428. The van der Waals surface area contributed by atoms with Gasteiger partial charge < -0.3 is 9.80 Å². The van der Waals surface area contributed by atoms with Crippen LogP contribution in [0, 0.1) is 0 Å². The van der Waals surface area contributed by atoms with E-state index in [0.29, 0.717) is 6.42 Å². The van der Waals surface area contributed by atoms with Gasteiger partial charge in [-0.05, 0) is 37.2 Å². The fourth-order valence-electron chi connectivity index (χ4n) is 2.16. The number of carbonyl (C=O) groups excluding carboxylic acids is 1. The van der Waals surface area contributed by atoms with Crippen molar-refractivity contribution >= 4 is 11.6 Å². The van der Waals surface area contributed by atoms with Crippen LogP contribution < -0.4 is 4.90 Å². The highest BCUT2D eigenvalue weighted by Crippen LogP contribution is 2.28. The Morgan fingerprint density at radius 2 is 2.18 bits per heavy atom. The van der Waals surface area contributed by atoms with Crippen LogP contribution in [0.15, 0.2) is 18.2 Å². The Labute approximate surface area is 103 Å². The molecular formula is C14H20N2O. The lowest BCUT2D eigenvalue weighted by Crippen LogP contribution is -2.20. The minimum atomic E-state index is 0.197. The lowest BCUT2D eigenvalue weighted by molar-refractivity contribution is -0.117. The summed E-state index contributed by atoms with van der Waals surface area (Å²) in [6.07, 6.45) is 1.61. The fraction of sp³-hybridized carbons (Fsp3) is 0.500. The number of amides is 1. The molecule has 0 bridgehead atoms. The van der Waals surface area contributed by atoms with Gasteiger partial charge in [0.05, 0.1) is 6.42 Å². The zero-order chi connectivity index (χ0) is 12.4. The molecule has 92 valence electrons. The van der Waals surface area contributed by atoms with E-state index >= 15 is 0 Å². The minimum Gasteiger partial charge on any atom is -0.315 e. The van der Waals surface area contributed by atoms with E-state index in [4.69, 9.17) is 0 Å². The predicted molar refractivity (Wildman–Crippen MR) is 70.4 cm³/mol. The summed E-state index contributed by atoms with van der Waals surface area (Å²) >= 11 is 0. The van der Waals surface area contributed by atoms with Crippen LogP contribution in [0.3, 0.4) is 0 Å². The number of nitrogens with zero attached hydrogens (tertiary/aromatic N) is 2. The maximum Gasteiger partial charge on any atom is 0.231 e. The summed E-state index contributed by atoms with van der Waals surface area (Å²) in [6, 6.07) is 6.39. The molecule has 0 unspecified atom stereocenters. The largest absolute Gasteiger partial charge is 0.315 e. The number of rotatable bonds is 4. The van der Waals surface area contributed by atoms with Gasteiger partial charge in [-0.15, -0.1) is 0 Å². The number of likely N-dealkylation sites (N-methyl/N-ethyl adjacent to an activating group) is 2. The van der Waals surface area contributed by atoms with E-state index in [1.807, 2.05) is 7.05 Å². The molecule has 3 heteroatoms. The second-order valence-electron chi connectivity index (χ2n) is 4.74. The topological polar surface area (TPSA) is 23.6 Å². The number of hydrogen-bond donors (Lipinski definition) is 0. The number of carbonyl (C=O) groups is 1. The first-order chi connectivity index (χ1) is 8.11. The van der Waals surface area contributed by atoms with Gasteiger partial charge in [0.15, 0.2) is 0 Å². The Kier molecular flexibility index (Phi) is 3.48. The van der Waals surface area contributed by atoms with E-state index in [1.165, 1.54) is 11.1 Å². The van der Waals surface area contributed by atoms with Crippen molar-refractivity contribution in [2.75, 3.05) is 32.1 Å². The van der Waals surface area contributed by atoms with Gasteiger partial charge >= 0.3 is 0 Å². The average molecular weight is 232 g/mol. The van der Waals surface area contributed by atoms with Gasteiger partial charge in [-0.25, -0.2) is 0 Å². The van der Waals surface area contributed by atoms with Crippen LogP contribution in [0.25, 0.3) is 0 Å². The molecule has 0 saturated carbocycles. The first-order valence-corrected chi connectivity index (χ1v) is 6.18. The third kappa shape index (κ3) is 2.50. The third-order valence-electron chi connectivity index (χ3n) is 3.54. The zero-order valence-electron chi connectivity index (χ0n) is 10.9. The molecule has 0 aromatic heterocycles. The quantitative estimate of drug-likeness (QED) is 0.789. The zero-order valence-corrected chi connectivity index (χ0v) is 10.9. The SMILES string of the molecule is CCN(C)CCc1ccc2c(c1)CC(=O)N2C. The lowest BCUT2D eigenvalue weighted by Gasteiger charge is -2.14. The van der Waals surface area contributed by atoms with Crippen LogP contribution in [0.1, 0.15) is 18.1 Å². The first kappa shape index (κ1) is 12.1. The van der Waals surface area contributed by atoms with Crippen molar-refractivity contribution < 1.29 is 4.79 Å². The van der Waals surface area contributed by atoms with Crippen molar-refractivity contribution in [2.24, 2.45) is 0 Å². The summed E-state index contributed by atoms with van der Waals surface area (Å²) in [7, 11) is 3.98. The molecule has 0 saturated heterocycles. The van der Waals surface area contributed by atoms with Gasteiger partial charge in [0.2, 0.25) is 5.91 Å². The van der Waals surface area contributed by atoms with Crippen LogP contribution in [-0.2, 0) is 17.6 Å². The summed E-state index contributed by atoms with van der Waals surface area (Å²) in [5.41, 5.74) is 3.57. The molecule has 0 atom stereocenters. The minimum absolute atomic E-state index is 0.197. The van der Waals surface area contributed by atoms with Gasteiger partial charge in [-0.3, -0.25) is 4.79 Å². The molecule has 1 aromatic carbocycles. The molecule has 1 amide bonds. The maximum absolute atomic E-state index is 11.6. The van der Waals surface area contributed by atoms with Gasteiger partial charge in [0.25, 0.3) is 0 Å². The molecule has 0 aliphatic carbocycles. The standard InChI is InChI=1S/C14H20N2O/c1-4-15(2)8-7-11-5-6-13-12(9-11)10-14(17)16(13)3/h5-6,9H,4,7-8,10H2,1-3H3. The molecular weight excluding hydrogens is 212 g/mol. The number of hydrogen-bond acceptors (Lipinski definition) is 2. The van der Waals surface area contributed by atoms with E-state index in [-0.39, 0.29) is 5.91 Å². The Morgan fingerprint density at radius 3 is 2.88 bits per heavy atom. The van der Waals surface area contributed by atoms with Gasteiger partial charge in [-0.2, -0.15) is 0 Å². The van der Waals surface area contributed by atoms with Crippen LogP contribution >= 0.6 is 0 Å². The van der Waals surface area contributed by atoms with Crippen molar-refractivity contribution in [3.63, 3.8) is 0 Å². The van der Waals surface area contributed by atoms with Crippen molar-refractivity contribution in [3.8, 4) is 0 Å². The molecule has 0 spiro atoms. The summed E-state index contributed by atoms with van der Waals surface area (Å²) < 4.78 is 0. The second-order valence-corrected chi connectivity index (χ2v) is 4.74. The van der Waals surface area contributed by atoms with Crippen molar-refractivity contribution in [3.05, 3.63) is 29.3 Å². The summed E-state index contributed by atoms with van der Waals surface area (Å²) in [5, 5.41) is 0. The molecule has 1 aromatic rings. The number of fused-ring (bicyclic) bond motifs is 1. The monoisotopic (exact) mass is 232 g/mol. The summed E-state index contributed by atoms with van der Waals surface area (Å²) in [4.78, 5) is 15.6. The van der Waals surface area contributed by atoms with Crippen LogP contribution in [0.4, 0.5) is 5.69 Å². The average Bonchev–Trinajstić information content (AvgIpc) is 2.62. The van der Waals surface area contributed by atoms with Crippen molar-refractivity contribution in [1.29, 1.82) is 0 Å². The molecule has 0 radical (unpaired) electrons. The maximum atomic E-state index is 11.6. The highest BCUT2D eigenvalue weighted by molar-refractivity contribution is 6.00. The van der Waals surface area contributed by atoms with E-state index in [9.17, 15) is 4.79 Å². The predicted octanol–water partition coefficient (Wildman–Crippen LogP) is 1.70. The number of benzene rings is 1. The molecule has 1 aliphatic rings. The third-order valence-corrected chi connectivity index (χ3v) is 3.54. The highest BCUT2D eigenvalue weighted by Gasteiger charge is 2.23. The van der Waals surface area contributed by atoms with Crippen LogP contribution in [0.2, 0.25) is 0 Å². The summed E-state index contributed by atoms with van der Waals surface area (Å²) in [5.74, 6) is 0.197. The lowest BCUT2D eigenvalue weighted by atomic mass is 10.1. The molecule has 17 heavy (non-hydrogen) atoms. The molecule has 3 nitrogen and oxygen atoms in total. The van der Waals surface area contributed by atoms with Crippen molar-refractivity contribution in [1.82, 2.24) is 4.90 Å². The molecule has 0 fully saturated rings.